The van der Waals surface area contributed by atoms with Crippen molar-refractivity contribution in [3.63, 3.8) is 0 Å². The van der Waals surface area contributed by atoms with Gasteiger partial charge in [-0.05, 0) is 31.2 Å². The molecule has 120 valence electrons. The molecule has 0 bridgehead atoms. The van der Waals surface area contributed by atoms with Crippen molar-refractivity contribution >= 4 is 26.9 Å². The first kappa shape index (κ1) is 17.0. The second-order valence-corrected chi connectivity index (χ2v) is 8.73. The van der Waals surface area contributed by atoms with Gasteiger partial charge in [-0.3, -0.25) is 0 Å². The molecule has 6 heteroatoms. The fraction of sp³-hybridized carbons (Fsp3) is 0.438. The Morgan fingerprint density at radius 1 is 1.18 bits per heavy atom. The number of benzene rings is 1. The first-order valence-electron chi connectivity index (χ1n) is 7.38. The fourth-order valence-electron chi connectivity index (χ4n) is 2.01. The third-order valence-electron chi connectivity index (χ3n) is 3.45. The molecule has 0 saturated carbocycles. The Balaban J connectivity index is 2.10. The van der Waals surface area contributed by atoms with Gasteiger partial charge in [-0.2, -0.15) is 0 Å². The van der Waals surface area contributed by atoms with Crippen LogP contribution in [0.1, 0.15) is 50.4 Å². The third kappa shape index (κ3) is 3.87. The van der Waals surface area contributed by atoms with E-state index in [1.165, 1.54) is 0 Å². The number of rotatable bonds is 6. The molecule has 0 amide bonds. The molecule has 4 nitrogen and oxygen atoms in total. The molecule has 1 aromatic heterocycles. The summed E-state index contributed by atoms with van der Waals surface area (Å²) < 4.78 is 23.6. The Bertz CT molecular complexity index is 719. The van der Waals surface area contributed by atoms with Crippen molar-refractivity contribution in [1.82, 2.24) is 4.98 Å². The number of nitrogens with zero attached hydrogens (tertiary/aromatic N) is 1. The highest BCUT2D eigenvalue weighted by Crippen LogP contribution is 2.25. The summed E-state index contributed by atoms with van der Waals surface area (Å²) in [7, 11) is -3.14. The summed E-state index contributed by atoms with van der Waals surface area (Å²) in [6.45, 7) is 7.97. The van der Waals surface area contributed by atoms with Crippen LogP contribution in [0.15, 0.2) is 34.5 Å². The molecular weight excluding hydrogens is 316 g/mol. The largest absolute Gasteiger partial charge is 0.377 e. The number of thiazole rings is 1. The summed E-state index contributed by atoms with van der Waals surface area (Å²) in [6.07, 6.45) is 0. The van der Waals surface area contributed by atoms with Crippen LogP contribution < -0.4 is 5.32 Å². The number of hydrogen-bond donors (Lipinski definition) is 1. The summed E-state index contributed by atoms with van der Waals surface area (Å²) in [4.78, 5) is 5.00. The smallest absolute Gasteiger partial charge is 0.178 e. The fourth-order valence-corrected chi connectivity index (χ4v) is 3.83. The van der Waals surface area contributed by atoms with Crippen LogP contribution in [0.5, 0.6) is 0 Å². The number of aromatic nitrogens is 1. The van der Waals surface area contributed by atoms with Gasteiger partial charge in [0.2, 0.25) is 0 Å². The highest BCUT2D eigenvalue weighted by atomic mass is 32.2. The number of sulfone groups is 1. The van der Waals surface area contributed by atoms with Crippen LogP contribution >= 0.6 is 11.3 Å². The maximum absolute atomic E-state index is 11.8. The maximum Gasteiger partial charge on any atom is 0.178 e. The van der Waals surface area contributed by atoms with E-state index >= 15 is 0 Å². The zero-order valence-electron chi connectivity index (χ0n) is 13.3. The quantitative estimate of drug-likeness (QED) is 0.856. The molecule has 0 aliphatic carbocycles. The van der Waals surface area contributed by atoms with Gasteiger partial charge in [0.15, 0.2) is 9.84 Å². The third-order valence-corrected chi connectivity index (χ3v) is 6.37. The first-order valence-corrected chi connectivity index (χ1v) is 9.91. The number of hydrogen-bond acceptors (Lipinski definition) is 5. The van der Waals surface area contributed by atoms with Gasteiger partial charge in [-0.15, -0.1) is 11.3 Å². The predicted octanol–water partition coefficient (Wildman–Crippen LogP) is 4.23. The van der Waals surface area contributed by atoms with Gasteiger partial charge in [-0.1, -0.05) is 20.8 Å². The van der Waals surface area contributed by atoms with Crippen molar-refractivity contribution in [3.05, 3.63) is 40.3 Å². The van der Waals surface area contributed by atoms with E-state index in [-0.39, 0.29) is 11.8 Å². The molecule has 1 unspecified atom stereocenters. The van der Waals surface area contributed by atoms with Crippen LogP contribution in [0.4, 0.5) is 5.69 Å². The van der Waals surface area contributed by atoms with E-state index in [9.17, 15) is 8.42 Å². The molecule has 0 radical (unpaired) electrons. The Hall–Kier alpha value is -1.40. The summed E-state index contributed by atoms with van der Waals surface area (Å²) in [6, 6.07) is 6.98. The van der Waals surface area contributed by atoms with Gasteiger partial charge in [0.25, 0.3) is 0 Å². The molecule has 1 aromatic carbocycles. The topological polar surface area (TPSA) is 59.1 Å². The molecule has 0 saturated heterocycles. The van der Waals surface area contributed by atoms with Crippen molar-refractivity contribution in [2.24, 2.45) is 0 Å². The normalized spacial score (nSPS) is 13.3. The summed E-state index contributed by atoms with van der Waals surface area (Å²) in [5.41, 5.74) is 1.90. The van der Waals surface area contributed by atoms with Crippen molar-refractivity contribution in [1.29, 1.82) is 0 Å². The molecule has 0 aliphatic heterocycles. The molecule has 1 heterocycles. The average molecular weight is 338 g/mol. The van der Waals surface area contributed by atoms with Crippen LogP contribution in [-0.4, -0.2) is 19.2 Å². The van der Waals surface area contributed by atoms with Crippen molar-refractivity contribution < 1.29 is 8.42 Å². The van der Waals surface area contributed by atoms with Gasteiger partial charge in [0.1, 0.15) is 0 Å². The molecule has 0 aliphatic rings. The van der Waals surface area contributed by atoms with E-state index in [2.05, 4.69) is 36.5 Å². The molecule has 0 fully saturated rings. The highest BCUT2D eigenvalue weighted by molar-refractivity contribution is 7.91. The summed E-state index contributed by atoms with van der Waals surface area (Å²) >= 11 is 1.67. The predicted molar refractivity (Wildman–Crippen MR) is 92.4 cm³/mol. The molecule has 2 rings (SSSR count). The van der Waals surface area contributed by atoms with Crippen molar-refractivity contribution in [2.45, 2.75) is 44.6 Å². The standard InChI is InChI=1S/C16H22N2O2S2/c1-5-22(19,20)14-8-6-13(7-9-14)17-12(4)15-10-21-16(18-15)11(2)3/h6-12,17H,5H2,1-4H3. The lowest BCUT2D eigenvalue weighted by atomic mass is 10.2. The van der Waals surface area contributed by atoms with Crippen molar-refractivity contribution in [2.75, 3.05) is 11.1 Å². The van der Waals surface area contributed by atoms with Gasteiger partial charge in [0, 0.05) is 17.0 Å². The zero-order chi connectivity index (χ0) is 16.3. The molecule has 0 spiro atoms. The van der Waals surface area contributed by atoms with Crippen LogP contribution in [0.3, 0.4) is 0 Å². The minimum absolute atomic E-state index is 0.0809. The van der Waals surface area contributed by atoms with E-state index in [4.69, 9.17) is 0 Å². The van der Waals surface area contributed by atoms with E-state index in [1.54, 1.807) is 42.5 Å². The second-order valence-electron chi connectivity index (χ2n) is 5.56. The van der Waals surface area contributed by atoms with Crippen LogP contribution in [0.25, 0.3) is 0 Å². The van der Waals surface area contributed by atoms with Crippen LogP contribution in [0, 0.1) is 0 Å². The molecule has 1 atom stereocenters. The zero-order valence-corrected chi connectivity index (χ0v) is 15.0. The Morgan fingerprint density at radius 3 is 2.32 bits per heavy atom. The maximum atomic E-state index is 11.8. The SMILES string of the molecule is CCS(=O)(=O)c1ccc(NC(C)c2csc(C(C)C)n2)cc1. The van der Waals surface area contributed by atoms with Gasteiger partial charge in [0.05, 0.1) is 27.4 Å². The van der Waals surface area contributed by atoms with E-state index in [1.807, 2.05) is 0 Å². The highest BCUT2D eigenvalue weighted by Gasteiger charge is 2.13. The summed E-state index contributed by atoms with van der Waals surface area (Å²) in [5.74, 6) is 0.553. The number of anilines is 1. The molecular formula is C16H22N2O2S2. The minimum Gasteiger partial charge on any atom is -0.377 e. The van der Waals surface area contributed by atoms with E-state index in [0.717, 1.165) is 16.4 Å². The summed E-state index contributed by atoms with van der Waals surface area (Å²) in [5, 5.41) is 6.56. The van der Waals surface area contributed by atoms with Gasteiger partial charge in [-0.25, -0.2) is 13.4 Å². The number of nitrogens with one attached hydrogen (secondary N) is 1. The van der Waals surface area contributed by atoms with Crippen LogP contribution in [-0.2, 0) is 9.84 Å². The van der Waals surface area contributed by atoms with Crippen molar-refractivity contribution in [3.8, 4) is 0 Å². The van der Waals surface area contributed by atoms with Crippen LogP contribution in [0.2, 0.25) is 0 Å². The monoisotopic (exact) mass is 338 g/mol. The Labute approximate surface area is 136 Å². The minimum atomic E-state index is -3.14. The first-order chi connectivity index (χ1) is 10.3. The lowest BCUT2D eigenvalue weighted by molar-refractivity contribution is 0.597. The van der Waals surface area contributed by atoms with Gasteiger partial charge < -0.3 is 5.32 Å². The lowest BCUT2D eigenvalue weighted by Gasteiger charge is -2.13. The molecule has 1 N–H and O–H groups in total. The second kappa shape index (κ2) is 6.79. The van der Waals surface area contributed by atoms with Gasteiger partial charge >= 0.3 is 0 Å². The Morgan fingerprint density at radius 2 is 1.82 bits per heavy atom. The molecule has 2 aromatic rings. The molecule has 22 heavy (non-hydrogen) atoms. The lowest BCUT2D eigenvalue weighted by Crippen LogP contribution is -2.08. The Kier molecular flexibility index (Phi) is 5.24. The van der Waals surface area contributed by atoms with E-state index < -0.39 is 9.84 Å². The van der Waals surface area contributed by atoms with E-state index in [0.29, 0.717) is 10.8 Å². The average Bonchev–Trinajstić information content (AvgIpc) is 2.98.